The summed E-state index contributed by atoms with van der Waals surface area (Å²) in [6.07, 6.45) is -1.95. The second-order valence-electron chi connectivity index (χ2n) is 9.94. The number of likely N-dealkylation sites (tertiary alicyclic amines) is 1. The fourth-order valence-corrected chi connectivity index (χ4v) is 6.17. The second kappa shape index (κ2) is 9.93. The Bertz CT molecular complexity index is 1670. The third kappa shape index (κ3) is 4.70. The zero-order valence-electron chi connectivity index (χ0n) is 21.7. The first-order chi connectivity index (χ1) is 19.1. The summed E-state index contributed by atoms with van der Waals surface area (Å²) in [6, 6.07) is 8.46. The van der Waals surface area contributed by atoms with Crippen LogP contribution >= 0.6 is 11.3 Å². The van der Waals surface area contributed by atoms with Gasteiger partial charge in [0.2, 0.25) is 5.91 Å². The number of rotatable bonds is 5. The number of piperidine rings is 1. The molecule has 3 aromatic heterocycles. The smallest absolute Gasteiger partial charge is 0.341 e. The van der Waals surface area contributed by atoms with Crippen LogP contribution in [0.25, 0.3) is 16.7 Å². The molecule has 210 valence electrons. The molecule has 1 saturated heterocycles. The zero-order valence-corrected chi connectivity index (χ0v) is 22.5. The van der Waals surface area contributed by atoms with Crippen molar-refractivity contribution in [2.24, 2.45) is 7.05 Å². The van der Waals surface area contributed by atoms with Crippen LogP contribution in [0.15, 0.2) is 46.6 Å². The summed E-state index contributed by atoms with van der Waals surface area (Å²) in [5.74, 6) is -0.101. The molecule has 1 amide bonds. The lowest BCUT2D eigenvalue weighted by Crippen LogP contribution is -2.40. The van der Waals surface area contributed by atoms with Crippen molar-refractivity contribution in [3.8, 4) is 0 Å². The molecule has 1 N–H and O–H groups in total. The molecule has 14 heteroatoms. The van der Waals surface area contributed by atoms with Gasteiger partial charge >= 0.3 is 11.9 Å². The normalized spacial score (nSPS) is 18.4. The first kappa shape index (κ1) is 26.3. The van der Waals surface area contributed by atoms with E-state index in [0.29, 0.717) is 37.3 Å². The van der Waals surface area contributed by atoms with Gasteiger partial charge in [0.25, 0.3) is 0 Å². The van der Waals surface area contributed by atoms with Crippen molar-refractivity contribution < 1.29 is 22.8 Å². The summed E-state index contributed by atoms with van der Waals surface area (Å²) in [7, 11) is 1.72. The van der Waals surface area contributed by atoms with Crippen LogP contribution in [0.2, 0.25) is 0 Å². The first-order valence-electron chi connectivity index (χ1n) is 12.7. The second-order valence-corrected chi connectivity index (χ2v) is 10.8. The maximum absolute atomic E-state index is 12.9. The average Bonchev–Trinajstić information content (AvgIpc) is 3.72. The number of hydrogen-bond donors (Lipinski definition) is 1. The molecule has 6 rings (SSSR count). The van der Waals surface area contributed by atoms with E-state index in [0.717, 1.165) is 26.8 Å². The average molecular weight is 574 g/mol. The monoisotopic (exact) mass is 573 g/mol. The molecule has 1 atom stereocenters. The number of alkyl halides is 3. The van der Waals surface area contributed by atoms with Gasteiger partial charge in [-0.05, 0) is 44.0 Å². The molecule has 0 unspecified atom stereocenters. The molecule has 0 bridgehead atoms. The molecule has 0 aliphatic carbocycles. The standard InChI is InChI=1S/C26H26F3N7O3S/c1-15-11-21(26(27,28)29)31-35(15)13-22(37)34-9-7-16(8-10-34)24-30-18(14-40-24)17-12-23(39-32-17)36-20-6-4-3-5-19(20)33(2)25(36)38/h3-6,11-12,14,16,23,32H,7-10,13H2,1-2H3/t23-/m1/s1. The molecule has 0 spiro atoms. The number of para-hydroxylation sites is 2. The SMILES string of the molecule is Cc1cc(C(F)(F)F)nn1CC(=O)N1CCC(c2nc(C3=C[C@H](n4c(=O)n(C)c5ccccc54)ON3)cs2)CC1. The zero-order chi connectivity index (χ0) is 28.2. The Morgan fingerprint density at radius 3 is 2.62 bits per heavy atom. The van der Waals surface area contributed by atoms with Crippen LogP contribution in [0.5, 0.6) is 0 Å². The molecular weight excluding hydrogens is 547 g/mol. The van der Waals surface area contributed by atoms with E-state index in [1.807, 2.05) is 35.7 Å². The summed E-state index contributed by atoms with van der Waals surface area (Å²) in [5.41, 5.74) is 4.97. The van der Waals surface area contributed by atoms with Crippen molar-refractivity contribution >= 4 is 34.0 Å². The van der Waals surface area contributed by atoms with Crippen molar-refractivity contribution in [3.05, 3.63) is 74.4 Å². The van der Waals surface area contributed by atoms with Gasteiger partial charge in [-0.2, -0.15) is 18.3 Å². The van der Waals surface area contributed by atoms with E-state index in [1.165, 1.54) is 18.3 Å². The van der Waals surface area contributed by atoms with Crippen LogP contribution in [0.3, 0.4) is 0 Å². The summed E-state index contributed by atoms with van der Waals surface area (Å²) >= 11 is 1.52. The quantitative estimate of drug-likeness (QED) is 0.390. The Hall–Kier alpha value is -3.91. The molecule has 1 fully saturated rings. The molecular formula is C26H26F3N7O3S. The number of amides is 1. The van der Waals surface area contributed by atoms with Gasteiger partial charge in [0.15, 0.2) is 11.9 Å². The van der Waals surface area contributed by atoms with Crippen LogP contribution in [0, 0.1) is 6.92 Å². The van der Waals surface area contributed by atoms with Gasteiger partial charge in [0.1, 0.15) is 6.54 Å². The molecule has 1 aromatic carbocycles. The van der Waals surface area contributed by atoms with Gasteiger partial charge in [-0.3, -0.25) is 24.1 Å². The van der Waals surface area contributed by atoms with E-state index in [4.69, 9.17) is 9.82 Å². The molecule has 0 saturated carbocycles. The van der Waals surface area contributed by atoms with Crippen LogP contribution < -0.4 is 11.2 Å². The maximum Gasteiger partial charge on any atom is 0.435 e. The Kier molecular flexibility index (Phi) is 6.53. The number of halogens is 3. The lowest BCUT2D eigenvalue weighted by Gasteiger charge is -2.31. The minimum atomic E-state index is -4.55. The van der Waals surface area contributed by atoms with Crippen LogP contribution in [-0.2, 0) is 29.4 Å². The number of benzene rings is 1. The topological polar surface area (TPSA) is 99.2 Å². The predicted octanol–water partition coefficient (Wildman–Crippen LogP) is 3.80. The number of aryl methyl sites for hydroxylation is 2. The van der Waals surface area contributed by atoms with Crippen LogP contribution in [0.4, 0.5) is 13.2 Å². The van der Waals surface area contributed by atoms with Gasteiger partial charge < -0.3 is 4.90 Å². The van der Waals surface area contributed by atoms with E-state index >= 15 is 0 Å². The van der Waals surface area contributed by atoms with Gasteiger partial charge in [0.05, 0.1) is 27.4 Å². The van der Waals surface area contributed by atoms with Crippen molar-refractivity contribution in [2.75, 3.05) is 13.1 Å². The summed E-state index contributed by atoms with van der Waals surface area (Å²) in [6.45, 7) is 2.25. The van der Waals surface area contributed by atoms with Gasteiger partial charge in [-0.25, -0.2) is 14.6 Å². The molecule has 10 nitrogen and oxygen atoms in total. The Morgan fingerprint density at radius 2 is 1.93 bits per heavy atom. The minimum absolute atomic E-state index is 0.158. The number of carbonyl (C=O) groups excluding carboxylic acids is 1. The predicted molar refractivity (Wildman–Crippen MR) is 141 cm³/mol. The van der Waals surface area contributed by atoms with Crippen LogP contribution in [-0.4, -0.2) is 47.8 Å². The number of carbonyl (C=O) groups is 1. The van der Waals surface area contributed by atoms with Gasteiger partial charge in [-0.15, -0.1) is 11.3 Å². The molecule has 4 aromatic rings. The maximum atomic E-state index is 12.9. The summed E-state index contributed by atoms with van der Waals surface area (Å²) in [4.78, 5) is 37.8. The van der Waals surface area contributed by atoms with E-state index in [2.05, 4.69) is 10.6 Å². The third-order valence-corrected chi connectivity index (χ3v) is 8.41. The molecule has 2 aliphatic heterocycles. The Labute approximate surface area is 230 Å². The summed E-state index contributed by atoms with van der Waals surface area (Å²) in [5, 5.41) is 6.43. The number of fused-ring (bicyclic) bond motifs is 1. The number of nitrogens with zero attached hydrogens (tertiary/aromatic N) is 6. The number of hydroxylamine groups is 1. The lowest BCUT2D eigenvalue weighted by molar-refractivity contribution is -0.142. The highest BCUT2D eigenvalue weighted by Crippen LogP contribution is 2.34. The Balaban J connectivity index is 1.10. The molecule has 40 heavy (non-hydrogen) atoms. The van der Waals surface area contributed by atoms with E-state index in [9.17, 15) is 22.8 Å². The fourth-order valence-electron chi connectivity index (χ4n) is 5.18. The number of nitrogens with one attached hydrogen (secondary N) is 1. The number of imidazole rings is 1. The molecule has 0 radical (unpaired) electrons. The summed E-state index contributed by atoms with van der Waals surface area (Å²) < 4.78 is 43.1. The van der Waals surface area contributed by atoms with Crippen LogP contribution in [0.1, 0.15) is 47.1 Å². The molecule has 5 heterocycles. The highest BCUT2D eigenvalue weighted by atomic mass is 32.1. The highest BCUT2D eigenvalue weighted by molar-refractivity contribution is 7.09. The van der Waals surface area contributed by atoms with Crippen molar-refractivity contribution in [1.29, 1.82) is 0 Å². The van der Waals surface area contributed by atoms with E-state index in [1.54, 1.807) is 21.1 Å². The fraction of sp³-hybridized carbons (Fsp3) is 0.385. The van der Waals surface area contributed by atoms with Gasteiger partial charge in [0, 0.05) is 37.1 Å². The molecule has 2 aliphatic rings. The highest BCUT2D eigenvalue weighted by Gasteiger charge is 2.35. The van der Waals surface area contributed by atoms with E-state index in [-0.39, 0.29) is 29.8 Å². The largest absolute Gasteiger partial charge is 0.435 e. The van der Waals surface area contributed by atoms with Gasteiger partial charge in [-0.1, -0.05) is 12.1 Å². The first-order valence-corrected chi connectivity index (χ1v) is 13.6. The van der Waals surface area contributed by atoms with E-state index < -0.39 is 18.1 Å². The number of hydrogen-bond acceptors (Lipinski definition) is 7. The number of aromatic nitrogens is 5. The number of thiazole rings is 1. The lowest BCUT2D eigenvalue weighted by atomic mass is 9.97. The van der Waals surface area contributed by atoms with Crippen molar-refractivity contribution in [2.45, 2.75) is 44.6 Å². The minimum Gasteiger partial charge on any atom is -0.341 e. The van der Waals surface area contributed by atoms with Crippen molar-refractivity contribution in [3.63, 3.8) is 0 Å². The Morgan fingerprint density at radius 1 is 1.20 bits per heavy atom. The third-order valence-electron chi connectivity index (χ3n) is 7.40. The van der Waals surface area contributed by atoms with Crippen molar-refractivity contribution in [1.82, 2.24) is 34.3 Å².